The number of benzene rings is 1. The maximum atomic E-state index is 14.0. The SMILES string of the molecule is CCN(C)S(=O)(=O)N1CCN(C(=O)c2cc(C#N)c(OCc3cc(C(F)(F)F)ccc3F)nc2C(F)(F)F)CC1. The maximum Gasteiger partial charge on any atom is 0.434 e. The molecular formula is C23H22F7N5O4S. The van der Waals surface area contributed by atoms with Gasteiger partial charge in [-0.3, -0.25) is 4.79 Å². The van der Waals surface area contributed by atoms with Crippen molar-refractivity contribution in [1.29, 1.82) is 5.26 Å². The summed E-state index contributed by atoms with van der Waals surface area (Å²) in [5.41, 5.74) is -5.29. The number of nitrogens with zero attached hydrogens (tertiary/aromatic N) is 5. The van der Waals surface area contributed by atoms with Crippen LogP contribution in [0.5, 0.6) is 5.88 Å². The minimum atomic E-state index is -5.23. The second-order valence-electron chi connectivity index (χ2n) is 8.55. The molecule has 0 N–H and O–H groups in total. The van der Waals surface area contributed by atoms with Crippen molar-refractivity contribution in [3.05, 3.63) is 58.0 Å². The number of alkyl halides is 6. The van der Waals surface area contributed by atoms with E-state index < -0.39 is 74.7 Å². The van der Waals surface area contributed by atoms with Crippen LogP contribution in [-0.2, 0) is 29.2 Å². The third-order valence-electron chi connectivity index (χ3n) is 6.04. The van der Waals surface area contributed by atoms with E-state index in [1.54, 1.807) is 6.92 Å². The lowest BCUT2D eigenvalue weighted by Crippen LogP contribution is -2.53. The standard InChI is InChI=1S/C23H22F7N5O4S/c1-3-33(2)40(37,38)35-8-6-34(7-9-35)21(36)17-11-14(12-31)20(32-19(17)23(28,29)30)39-13-15-10-16(22(25,26)27)4-5-18(15)24/h4-5,10-11H,3,6-9,13H2,1-2H3. The number of aromatic nitrogens is 1. The fraction of sp³-hybridized carbons (Fsp3) is 0.435. The fourth-order valence-corrected chi connectivity index (χ4v) is 5.07. The zero-order chi connectivity index (χ0) is 30.0. The number of amides is 1. The lowest BCUT2D eigenvalue weighted by molar-refractivity contribution is -0.142. The van der Waals surface area contributed by atoms with Crippen LogP contribution in [0.15, 0.2) is 24.3 Å². The van der Waals surface area contributed by atoms with Gasteiger partial charge in [-0.2, -0.15) is 48.6 Å². The summed E-state index contributed by atoms with van der Waals surface area (Å²) < 4.78 is 127. The molecule has 1 aliphatic heterocycles. The van der Waals surface area contributed by atoms with E-state index in [-0.39, 0.29) is 32.7 Å². The highest BCUT2D eigenvalue weighted by molar-refractivity contribution is 7.86. The number of carbonyl (C=O) groups is 1. The third kappa shape index (κ3) is 6.62. The monoisotopic (exact) mass is 597 g/mol. The second kappa shape index (κ2) is 11.6. The molecular weight excluding hydrogens is 575 g/mol. The molecule has 17 heteroatoms. The van der Waals surface area contributed by atoms with Gasteiger partial charge in [-0.15, -0.1) is 0 Å². The maximum absolute atomic E-state index is 14.0. The number of nitriles is 1. The molecule has 0 unspecified atom stereocenters. The van der Waals surface area contributed by atoms with Gasteiger partial charge in [-0.05, 0) is 24.3 Å². The van der Waals surface area contributed by atoms with E-state index in [0.717, 1.165) is 13.5 Å². The molecule has 1 saturated heterocycles. The third-order valence-corrected chi connectivity index (χ3v) is 8.10. The molecule has 0 saturated carbocycles. The van der Waals surface area contributed by atoms with Crippen molar-refractivity contribution >= 4 is 16.1 Å². The first-order valence-electron chi connectivity index (χ1n) is 11.5. The summed E-state index contributed by atoms with van der Waals surface area (Å²) in [6.45, 7) is -0.0916. The Hall–Kier alpha value is -3.49. The molecule has 40 heavy (non-hydrogen) atoms. The van der Waals surface area contributed by atoms with Gasteiger partial charge in [0.05, 0.1) is 11.1 Å². The number of pyridine rings is 1. The van der Waals surface area contributed by atoms with Crippen LogP contribution in [0.3, 0.4) is 0 Å². The van der Waals surface area contributed by atoms with Gasteiger partial charge in [0.15, 0.2) is 5.69 Å². The highest BCUT2D eigenvalue weighted by Crippen LogP contribution is 2.35. The minimum absolute atomic E-state index is 0.174. The van der Waals surface area contributed by atoms with E-state index >= 15 is 0 Å². The molecule has 2 heterocycles. The summed E-state index contributed by atoms with van der Waals surface area (Å²) in [4.78, 5) is 17.3. The van der Waals surface area contributed by atoms with Crippen molar-refractivity contribution in [3.8, 4) is 11.9 Å². The average Bonchev–Trinajstić information content (AvgIpc) is 2.90. The molecule has 218 valence electrons. The number of hydrogen-bond donors (Lipinski definition) is 0. The quantitative estimate of drug-likeness (QED) is 0.451. The largest absolute Gasteiger partial charge is 0.472 e. The number of ether oxygens (including phenoxy) is 1. The summed E-state index contributed by atoms with van der Waals surface area (Å²) in [5.74, 6) is -3.28. The summed E-state index contributed by atoms with van der Waals surface area (Å²) in [6.07, 6.45) is -10.1. The predicted octanol–water partition coefficient (Wildman–Crippen LogP) is 3.66. The summed E-state index contributed by atoms with van der Waals surface area (Å²) in [5, 5.41) is 9.45. The number of carbonyl (C=O) groups excluding carboxylic acids is 1. The fourth-order valence-electron chi connectivity index (χ4n) is 3.73. The Morgan fingerprint density at radius 2 is 1.73 bits per heavy atom. The molecule has 1 amide bonds. The minimum Gasteiger partial charge on any atom is -0.472 e. The Kier molecular flexibility index (Phi) is 8.96. The zero-order valence-electron chi connectivity index (χ0n) is 21.0. The number of rotatable bonds is 7. The lowest BCUT2D eigenvalue weighted by atomic mass is 10.1. The van der Waals surface area contributed by atoms with Crippen LogP contribution >= 0.6 is 0 Å². The first-order valence-corrected chi connectivity index (χ1v) is 12.9. The van der Waals surface area contributed by atoms with Gasteiger partial charge in [0.2, 0.25) is 5.88 Å². The normalized spacial score (nSPS) is 15.3. The Labute approximate surface area is 224 Å². The van der Waals surface area contributed by atoms with E-state index in [4.69, 9.17) is 4.74 Å². The Balaban J connectivity index is 1.89. The van der Waals surface area contributed by atoms with Gasteiger partial charge >= 0.3 is 12.4 Å². The summed E-state index contributed by atoms with van der Waals surface area (Å²) >= 11 is 0. The first kappa shape index (κ1) is 31.0. The smallest absolute Gasteiger partial charge is 0.434 e. The van der Waals surface area contributed by atoms with Crippen LogP contribution in [0, 0.1) is 17.1 Å². The second-order valence-corrected chi connectivity index (χ2v) is 10.6. The predicted molar refractivity (Wildman–Crippen MR) is 124 cm³/mol. The van der Waals surface area contributed by atoms with Crippen LogP contribution in [-0.4, -0.2) is 72.6 Å². The van der Waals surface area contributed by atoms with E-state index in [9.17, 15) is 49.2 Å². The molecule has 1 aromatic heterocycles. The van der Waals surface area contributed by atoms with E-state index in [1.807, 2.05) is 0 Å². The van der Waals surface area contributed by atoms with Crippen molar-refractivity contribution in [2.24, 2.45) is 0 Å². The molecule has 0 atom stereocenters. The molecule has 9 nitrogen and oxygen atoms in total. The van der Waals surface area contributed by atoms with Crippen LogP contribution in [0.4, 0.5) is 30.7 Å². The molecule has 0 radical (unpaired) electrons. The van der Waals surface area contributed by atoms with Crippen molar-refractivity contribution < 1.29 is 48.7 Å². The number of hydrogen-bond acceptors (Lipinski definition) is 6. The van der Waals surface area contributed by atoms with Crippen LogP contribution in [0.25, 0.3) is 0 Å². The number of piperazine rings is 1. The van der Waals surface area contributed by atoms with Crippen LogP contribution in [0.2, 0.25) is 0 Å². The zero-order valence-corrected chi connectivity index (χ0v) is 21.8. The molecule has 0 spiro atoms. The molecule has 2 aromatic rings. The van der Waals surface area contributed by atoms with Gasteiger partial charge in [0, 0.05) is 45.3 Å². The molecule has 0 bridgehead atoms. The average molecular weight is 598 g/mol. The molecule has 1 aliphatic rings. The van der Waals surface area contributed by atoms with Crippen molar-refractivity contribution in [1.82, 2.24) is 18.5 Å². The lowest BCUT2D eigenvalue weighted by Gasteiger charge is -2.35. The molecule has 1 aromatic carbocycles. The van der Waals surface area contributed by atoms with Crippen molar-refractivity contribution in [2.45, 2.75) is 25.9 Å². The Morgan fingerprint density at radius 1 is 1.10 bits per heavy atom. The van der Waals surface area contributed by atoms with Crippen molar-refractivity contribution in [3.63, 3.8) is 0 Å². The first-order chi connectivity index (χ1) is 18.5. The molecule has 0 aliphatic carbocycles. The summed E-state index contributed by atoms with van der Waals surface area (Å²) in [7, 11) is -2.48. The van der Waals surface area contributed by atoms with Crippen LogP contribution < -0.4 is 4.74 Å². The number of halogens is 7. The van der Waals surface area contributed by atoms with Gasteiger partial charge in [0.1, 0.15) is 24.1 Å². The van der Waals surface area contributed by atoms with Crippen LogP contribution in [0.1, 0.15) is 39.7 Å². The highest BCUT2D eigenvalue weighted by Gasteiger charge is 2.41. The summed E-state index contributed by atoms with van der Waals surface area (Å²) in [6, 6.07) is 3.47. The Morgan fingerprint density at radius 3 is 2.25 bits per heavy atom. The van der Waals surface area contributed by atoms with Gasteiger partial charge < -0.3 is 9.64 Å². The highest BCUT2D eigenvalue weighted by atomic mass is 32.2. The van der Waals surface area contributed by atoms with Gasteiger partial charge in [0.25, 0.3) is 16.1 Å². The van der Waals surface area contributed by atoms with E-state index in [2.05, 4.69) is 4.98 Å². The van der Waals surface area contributed by atoms with Crippen molar-refractivity contribution in [2.75, 3.05) is 39.8 Å². The molecule has 3 rings (SSSR count). The molecule has 1 fully saturated rings. The Bertz CT molecular complexity index is 1420. The van der Waals surface area contributed by atoms with Gasteiger partial charge in [-0.25, -0.2) is 9.37 Å². The van der Waals surface area contributed by atoms with E-state index in [0.29, 0.717) is 24.3 Å². The van der Waals surface area contributed by atoms with E-state index in [1.165, 1.54) is 13.1 Å². The topological polar surface area (TPSA) is 107 Å². The van der Waals surface area contributed by atoms with Gasteiger partial charge in [-0.1, -0.05) is 6.92 Å².